The second-order valence-corrected chi connectivity index (χ2v) is 0.875. The summed E-state index contributed by atoms with van der Waals surface area (Å²) in [5.74, 6) is 0. The van der Waals surface area contributed by atoms with Crippen LogP contribution in [0.4, 0.5) is 0 Å². The van der Waals surface area contributed by atoms with Crippen molar-refractivity contribution < 1.29 is 8.22 Å². The molecule has 0 aliphatic carbocycles. The highest BCUT2D eigenvalue weighted by Gasteiger charge is 1.73. The number of aromatic nitrogens is 1. The fourth-order valence-corrected chi connectivity index (χ4v) is 0.219. The fraction of sp³-hybridized carbons (Fsp3) is 0.200. The van der Waals surface area contributed by atoms with Crippen LogP contribution in [0.25, 0.3) is 0 Å². The van der Waals surface area contributed by atoms with Crippen LogP contribution in [0.2, 0.25) is 0 Å². The molecule has 0 aliphatic heterocycles. The van der Waals surface area contributed by atoms with Gasteiger partial charge in [-0.2, -0.15) is 0 Å². The molecule has 0 aliphatic rings. The van der Waals surface area contributed by atoms with E-state index in [1.54, 1.807) is 0 Å². The van der Waals surface area contributed by atoms with Crippen LogP contribution in [0, 0.1) is 6.85 Å². The number of nitrogens with one attached hydrogen (secondary N) is 1. The number of hydrogen-bond donors (Lipinski definition) is 1. The standard InChI is InChI=1S/C5H7N/c1-5-2-3-6-4-5/h2-4,6H,1H3/i1D3,2D,3D,4D. The Kier molecular flexibility index (Phi) is 0.148. The Bertz CT molecular complexity index is 298. The van der Waals surface area contributed by atoms with Gasteiger partial charge in [-0.25, -0.2) is 0 Å². The van der Waals surface area contributed by atoms with Gasteiger partial charge in [-0.15, -0.1) is 0 Å². The molecule has 0 saturated carbocycles. The Morgan fingerprint density at radius 1 is 2.17 bits per heavy atom. The lowest BCUT2D eigenvalue weighted by Gasteiger charge is -1.65. The predicted octanol–water partition coefficient (Wildman–Crippen LogP) is 1.32. The van der Waals surface area contributed by atoms with Gasteiger partial charge in [0.1, 0.15) is 0 Å². The summed E-state index contributed by atoms with van der Waals surface area (Å²) in [6.45, 7) is -2.48. The molecule has 0 amide bonds. The van der Waals surface area contributed by atoms with Crippen molar-refractivity contribution in [2.45, 2.75) is 6.85 Å². The average molecular weight is 87.2 g/mol. The highest BCUT2D eigenvalue weighted by atomic mass is 14.6. The summed E-state index contributed by atoms with van der Waals surface area (Å²) >= 11 is 0. The Morgan fingerprint density at radius 2 is 3.17 bits per heavy atom. The normalized spacial score (nSPS) is 25.3. The van der Waals surface area contributed by atoms with Gasteiger partial charge < -0.3 is 4.98 Å². The first-order valence-corrected chi connectivity index (χ1v) is 1.50. The van der Waals surface area contributed by atoms with Gasteiger partial charge >= 0.3 is 0 Å². The van der Waals surface area contributed by atoms with Gasteiger partial charge in [0.05, 0.1) is 4.11 Å². The minimum atomic E-state index is -2.48. The molecule has 0 unspecified atom stereocenters. The van der Waals surface area contributed by atoms with E-state index in [1.807, 2.05) is 0 Å². The van der Waals surface area contributed by atoms with Crippen molar-refractivity contribution in [2.24, 2.45) is 0 Å². The fourth-order valence-electron chi connectivity index (χ4n) is 0.219. The lowest BCUT2D eigenvalue weighted by atomic mass is 10.4. The largest absolute Gasteiger partial charge is 0.367 e. The van der Waals surface area contributed by atoms with Gasteiger partial charge in [0.25, 0.3) is 0 Å². The number of aromatic amines is 1. The highest BCUT2D eigenvalue weighted by molar-refractivity contribution is 5.03. The van der Waals surface area contributed by atoms with E-state index in [0.717, 1.165) is 0 Å². The lowest BCUT2D eigenvalue weighted by Crippen LogP contribution is -1.50. The molecule has 0 fully saturated rings. The van der Waals surface area contributed by atoms with E-state index >= 15 is 0 Å². The molecule has 0 spiro atoms. The van der Waals surface area contributed by atoms with Gasteiger partial charge in [0, 0.05) is 16.5 Å². The first-order chi connectivity index (χ1) is 5.34. The van der Waals surface area contributed by atoms with E-state index in [2.05, 4.69) is 4.98 Å². The van der Waals surface area contributed by atoms with E-state index in [4.69, 9.17) is 8.22 Å². The first kappa shape index (κ1) is 0.760. The molecule has 0 radical (unpaired) electrons. The molecule has 32 valence electrons. The minimum Gasteiger partial charge on any atom is -0.367 e. The summed E-state index contributed by atoms with van der Waals surface area (Å²) in [5, 5.41) is 0. The molecule has 1 heteroatoms. The molecule has 1 aromatic heterocycles. The van der Waals surface area contributed by atoms with Crippen LogP contribution >= 0.6 is 0 Å². The molecule has 1 aromatic rings. The molecule has 1 nitrogen and oxygen atoms in total. The monoisotopic (exact) mass is 87.1 g/mol. The van der Waals surface area contributed by atoms with Crippen LogP contribution < -0.4 is 0 Å². The Balaban J connectivity index is 3.32. The molecule has 0 aromatic carbocycles. The Hall–Kier alpha value is -0.720. The van der Waals surface area contributed by atoms with E-state index in [1.165, 1.54) is 0 Å². The molecular weight excluding hydrogens is 74.1 g/mol. The van der Waals surface area contributed by atoms with Crippen LogP contribution in [0.3, 0.4) is 0 Å². The topological polar surface area (TPSA) is 15.8 Å². The maximum atomic E-state index is 7.17. The van der Waals surface area contributed by atoms with Crippen LogP contribution in [0.1, 0.15) is 13.8 Å². The molecule has 1 rings (SSSR count). The van der Waals surface area contributed by atoms with Gasteiger partial charge in [-0.1, -0.05) is 0 Å². The summed E-state index contributed by atoms with van der Waals surface area (Å²) in [5.41, 5.74) is -0.382. The smallest absolute Gasteiger partial charge is 0.0818 e. The van der Waals surface area contributed by atoms with Crippen molar-refractivity contribution in [3.63, 3.8) is 0 Å². The van der Waals surface area contributed by atoms with E-state index in [0.29, 0.717) is 0 Å². The Morgan fingerprint density at radius 3 is 3.50 bits per heavy atom. The third-order valence-electron chi connectivity index (χ3n) is 0.438. The molecule has 0 bridgehead atoms. The molecular formula is C5H7N. The number of hydrogen-bond acceptors (Lipinski definition) is 0. The summed E-state index contributed by atoms with van der Waals surface area (Å²) in [4.78, 5) is 2.17. The second-order valence-electron chi connectivity index (χ2n) is 0.875. The third kappa shape index (κ3) is 0.432. The zero-order valence-electron chi connectivity index (χ0n) is 9.00. The maximum absolute atomic E-state index is 7.17. The molecule has 0 atom stereocenters. The van der Waals surface area contributed by atoms with Crippen molar-refractivity contribution in [2.75, 3.05) is 0 Å². The van der Waals surface area contributed by atoms with Crippen molar-refractivity contribution in [3.05, 3.63) is 24.0 Å². The van der Waals surface area contributed by atoms with Crippen LogP contribution in [0.5, 0.6) is 0 Å². The SMILES string of the molecule is [2H]c1[nH]c([2H])c(C([2H])([2H])[2H])c1[2H]. The van der Waals surface area contributed by atoms with E-state index in [-0.39, 0.29) is 17.9 Å². The van der Waals surface area contributed by atoms with Crippen LogP contribution in [-0.4, -0.2) is 4.98 Å². The average Bonchev–Trinajstić information content (AvgIpc) is 2.05. The summed E-state index contributed by atoms with van der Waals surface area (Å²) < 4.78 is 42.2. The van der Waals surface area contributed by atoms with Gasteiger partial charge in [0.2, 0.25) is 0 Å². The van der Waals surface area contributed by atoms with Gasteiger partial charge in [-0.3, -0.25) is 0 Å². The van der Waals surface area contributed by atoms with Crippen molar-refractivity contribution in [1.29, 1.82) is 0 Å². The van der Waals surface area contributed by atoms with Crippen molar-refractivity contribution in [3.8, 4) is 0 Å². The number of H-pyrrole nitrogens is 1. The van der Waals surface area contributed by atoms with E-state index in [9.17, 15) is 0 Å². The quantitative estimate of drug-likeness (QED) is 0.491. The zero-order valence-corrected chi connectivity index (χ0v) is 3.00. The van der Waals surface area contributed by atoms with Crippen molar-refractivity contribution in [1.82, 2.24) is 4.98 Å². The van der Waals surface area contributed by atoms with Crippen LogP contribution in [0.15, 0.2) is 18.4 Å². The first-order valence-electron chi connectivity index (χ1n) is 4.50. The van der Waals surface area contributed by atoms with Crippen LogP contribution in [-0.2, 0) is 0 Å². The summed E-state index contributed by atoms with van der Waals surface area (Å²) in [6, 6.07) is -0.417. The summed E-state index contributed by atoms with van der Waals surface area (Å²) in [6.07, 6.45) is -0.698. The second kappa shape index (κ2) is 1.17. The molecule has 0 saturated heterocycles. The molecule has 1 heterocycles. The predicted molar refractivity (Wildman–Crippen MR) is 25.5 cm³/mol. The van der Waals surface area contributed by atoms with E-state index < -0.39 is 12.9 Å². The molecule has 6 heavy (non-hydrogen) atoms. The van der Waals surface area contributed by atoms with Crippen molar-refractivity contribution >= 4 is 0 Å². The molecule has 1 N–H and O–H groups in total. The van der Waals surface area contributed by atoms with Gasteiger partial charge in [0.15, 0.2) is 0 Å². The third-order valence-corrected chi connectivity index (χ3v) is 0.438. The number of rotatable bonds is 0. The highest BCUT2D eigenvalue weighted by Crippen LogP contribution is 1.88. The maximum Gasteiger partial charge on any atom is 0.0818 e. The Labute approximate surface area is 45.4 Å². The summed E-state index contributed by atoms with van der Waals surface area (Å²) in [7, 11) is 0. The van der Waals surface area contributed by atoms with Gasteiger partial charge in [-0.05, 0) is 18.5 Å². The zero-order chi connectivity index (χ0) is 9.52. The minimum absolute atomic E-state index is 0.328. The lowest BCUT2D eigenvalue weighted by molar-refractivity contribution is 1.39.